The van der Waals surface area contributed by atoms with Crippen molar-refractivity contribution in [2.45, 2.75) is 12.3 Å². The van der Waals surface area contributed by atoms with Gasteiger partial charge in [0, 0.05) is 24.3 Å². The zero-order valence-corrected chi connectivity index (χ0v) is 11.2. The maximum atomic E-state index is 8.78. The number of hydrogen-bond donors (Lipinski definition) is 0. The van der Waals surface area contributed by atoms with Crippen LogP contribution in [0.2, 0.25) is 0 Å². The molecule has 2 aromatic rings. The van der Waals surface area contributed by atoms with Crippen LogP contribution >= 0.6 is 11.6 Å². The number of pyridine rings is 1. The van der Waals surface area contributed by atoms with Crippen LogP contribution in [-0.4, -0.2) is 11.5 Å². The standard InChI is InChI=1S/C15H14ClN3/c16-11-13-7-8-15(18-12-13)19(10-4-9-17)14-5-2-1-3-6-14/h1-3,5-8,12H,4,10-11H2. The largest absolute Gasteiger partial charge is 0.325 e. The Kier molecular flexibility index (Phi) is 4.77. The highest BCUT2D eigenvalue weighted by molar-refractivity contribution is 6.17. The van der Waals surface area contributed by atoms with E-state index in [1.54, 1.807) is 6.20 Å². The summed E-state index contributed by atoms with van der Waals surface area (Å²) in [7, 11) is 0. The van der Waals surface area contributed by atoms with Crippen LogP contribution in [0.1, 0.15) is 12.0 Å². The van der Waals surface area contributed by atoms with Crippen molar-refractivity contribution >= 4 is 23.1 Å². The lowest BCUT2D eigenvalue weighted by Gasteiger charge is -2.22. The van der Waals surface area contributed by atoms with E-state index >= 15 is 0 Å². The maximum absolute atomic E-state index is 8.78. The zero-order chi connectivity index (χ0) is 13.5. The molecule has 1 heterocycles. The number of aromatic nitrogens is 1. The van der Waals surface area contributed by atoms with Crippen molar-refractivity contribution in [1.82, 2.24) is 4.98 Å². The van der Waals surface area contributed by atoms with Gasteiger partial charge in [0.15, 0.2) is 0 Å². The van der Waals surface area contributed by atoms with Crippen LogP contribution in [0.3, 0.4) is 0 Å². The van der Waals surface area contributed by atoms with Crippen LogP contribution in [0.5, 0.6) is 0 Å². The van der Waals surface area contributed by atoms with Gasteiger partial charge >= 0.3 is 0 Å². The molecule has 1 aromatic carbocycles. The van der Waals surface area contributed by atoms with Crippen molar-refractivity contribution in [3.05, 3.63) is 54.2 Å². The molecule has 1 aromatic heterocycles. The minimum atomic E-state index is 0.452. The van der Waals surface area contributed by atoms with Gasteiger partial charge in [-0.25, -0.2) is 4.98 Å². The van der Waals surface area contributed by atoms with Gasteiger partial charge in [-0.05, 0) is 23.8 Å². The smallest absolute Gasteiger partial charge is 0.132 e. The molecule has 0 aliphatic carbocycles. The van der Waals surface area contributed by atoms with Gasteiger partial charge in [0.1, 0.15) is 5.82 Å². The van der Waals surface area contributed by atoms with Crippen molar-refractivity contribution in [3.63, 3.8) is 0 Å². The summed E-state index contributed by atoms with van der Waals surface area (Å²) in [5.41, 5.74) is 2.02. The van der Waals surface area contributed by atoms with Gasteiger partial charge in [0.25, 0.3) is 0 Å². The van der Waals surface area contributed by atoms with E-state index in [1.807, 2.05) is 47.4 Å². The third-order valence-electron chi connectivity index (χ3n) is 2.76. The highest BCUT2D eigenvalue weighted by Crippen LogP contribution is 2.23. The fourth-order valence-electron chi connectivity index (χ4n) is 1.80. The molecule has 0 saturated carbocycles. The van der Waals surface area contributed by atoms with E-state index in [0.29, 0.717) is 18.8 Å². The van der Waals surface area contributed by atoms with E-state index in [-0.39, 0.29) is 0 Å². The van der Waals surface area contributed by atoms with Crippen LogP contribution in [-0.2, 0) is 5.88 Å². The van der Waals surface area contributed by atoms with Crippen LogP contribution in [0.15, 0.2) is 48.7 Å². The first kappa shape index (κ1) is 13.4. The zero-order valence-electron chi connectivity index (χ0n) is 10.5. The van der Waals surface area contributed by atoms with Crippen LogP contribution < -0.4 is 4.90 Å². The molecule has 0 bridgehead atoms. The molecular formula is C15H14ClN3. The van der Waals surface area contributed by atoms with Crippen molar-refractivity contribution < 1.29 is 0 Å². The predicted molar refractivity (Wildman–Crippen MR) is 77.5 cm³/mol. The van der Waals surface area contributed by atoms with Gasteiger partial charge in [-0.1, -0.05) is 24.3 Å². The molecule has 0 saturated heterocycles. The molecule has 0 amide bonds. The minimum Gasteiger partial charge on any atom is -0.325 e. The summed E-state index contributed by atoms with van der Waals surface area (Å²) in [5.74, 6) is 1.28. The predicted octanol–water partition coefficient (Wildman–Crippen LogP) is 3.87. The normalized spacial score (nSPS) is 9.89. The lowest BCUT2D eigenvalue weighted by atomic mass is 10.2. The van der Waals surface area contributed by atoms with Crippen molar-refractivity contribution in [2.24, 2.45) is 0 Å². The summed E-state index contributed by atoms with van der Waals surface area (Å²) in [6.07, 6.45) is 2.22. The monoisotopic (exact) mass is 271 g/mol. The number of anilines is 2. The summed E-state index contributed by atoms with van der Waals surface area (Å²) in [4.78, 5) is 6.44. The first-order chi connectivity index (χ1) is 9.35. The molecule has 0 unspecified atom stereocenters. The van der Waals surface area contributed by atoms with Crippen molar-refractivity contribution in [3.8, 4) is 6.07 Å². The minimum absolute atomic E-state index is 0.452. The Morgan fingerprint density at radius 3 is 2.53 bits per heavy atom. The summed E-state index contributed by atoms with van der Waals surface area (Å²) in [6, 6.07) is 16.0. The number of nitriles is 1. The Bertz CT molecular complexity index is 546. The van der Waals surface area contributed by atoms with Gasteiger partial charge in [-0.2, -0.15) is 5.26 Å². The van der Waals surface area contributed by atoms with Gasteiger partial charge in [-0.15, -0.1) is 11.6 Å². The topological polar surface area (TPSA) is 39.9 Å². The molecule has 4 heteroatoms. The van der Waals surface area contributed by atoms with Gasteiger partial charge in [0.2, 0.25) is 0 Å². The molecule has 0 N–H and O–H groups in total. The van der Waals surface area contributed by atoms with E-state index in [1.165, 1.54) is 0 Å². The van der Waals surface area contributed by atoms with Crippen LogP contribution in [0, 0.1) is 11.3 Å². The maximum Gasteiger partial charge on any atom is 0.132 e. The number of alkyl halides is 1. The average Bonchev–Trinajstić information content (AvgIpc) is 2.49. The SMILES string of the molecule is N#CCCN(c1ccccc1)c1ccc(CCl)cn1. The molecule has 0 aliphatic rings. The lowest BCUT2D eigenvalue weighted by Crippen LogP contribution is -2.19. The molecular weight excluding hydrogens is 258 g/mol. The third-order valence-corrected chi connectivity index (χ3v) is 3.06. The van der Waals surface area contributed by atoms with Gasteiger partial charge < -0.3 is 4.90 Å². The average molecular weight is 272 g/mol. The second kappa shape index (κ2) is 6.77. The van der Waals surface area contributed by atoms with E-state index in [0.717, 1.165) is 17.1 Å². The van der Waals surface area contributed by atoms with Gasteiger partial charge in [0.05, 0.1) is 12.5 Å². The highest BCUT2D eigenvalue weighted by Gasteiger charge is 2.09. The van der Waals surface area contributed by atoms with Gasteiger partial charge in [-0.3, -0.25) is 0 Å². The van der Waals surface area contributed by atoms with E-state index < -0.39 is 0 Å². The Morgan fingerprint density at radius 1 is 1.16 bits per heavy atom. The van der Waals surface area contributed by atoms with Crippen molar-refractivity contribution in [2.75, 3.05) is 11.4 Å². The Hall–Kier alpha value is -2.05. The second-order valence-electron chi connectivity index (χ2n) is 4.05. The second-order valence-corrected chi connectivity index (χ2v) is 4.32. The highest BCUT2D eigenvalue weighted by atomic mass is 35.5. The summed E-state index contributed by atoms with van der Waals surface area (Å²) < 4.78 is 0. The molecule has 0 spiro atoms. The fraction of sp³-hybridized carbons (Fsp3) is 0.200. The molecule has 19 heavy (non-hydrogen) atoms. The first-order valence-corrected chi connectivity index (χ1v) is 6.59. The Labute approximate surface area is 118 Å². The molecule has 0 fully saturated rings. The summed E-state index contributed by atoms with van der Waals surface area (Å²) in [5, 5.41) is 8.78. The Balaban J connectivity index is 2.29. The van der Waals surface area contributed by atoms with Crippen LogP contribution in [0.25, 0.3) is 0 Å². The van der Waals surface area contributed by atoms with E-state index in [2.05, 4.69) is 11.1 Å². The molecule has 96 valence electrons. The number of rotatable bonds is 5. The van der Waals surface area contributed by atoms with E-state index in [4.69, 9.17) is 16.9 Å². The fourth-order valence-corrected chi connectivity index (χ4v) is 1.96. The molecule has 3 nitrogen and oxygen atoms in total. The Morgan fingerprint density at radius 2 is 1.95 bits per heavy atom. The number of hydrogen-bond acceptors (Lipinski definition) is 3. The van der Waals surface area contributed by atoms with Crippen LogP contribution in [0.4, 0.5) is 11.5 Å². The third kappa shape index (κ3) is 3.46. The number of para-hydroxylation sites is 1. The van der Waals surface area contributed by atoms with E-state index in [9.17, 15) is 0 Å². The van der Waals surface area contributed by atoms with Crippen molar-refractivity contribution in [1.29, 1.82) is 5.26 Å². The number of halogens is 1. The molecule has 0 radical (unpaired) electrons. The molecule has 2 rings (SSSR count). The molecule has 0 aliphatic heterocycles. The quantitative estimate of drug-likeness (QED) is 0.775. The number of nitrogens with zero attached hydrogens (tertiary/aromatic N) is 3. The summed E-state index contributed by atoms with van der Waals surface area (Å²) in [6.45, 7) is 0.619. The number of benzene rings is 1. The first-order valence-electron chi connectivity index (χ1n) is 6.05. The summed E-state index contributed by atoms with van der Waals surface area (Å²) >= 11 is 5.76. The lowest BCUT2D eigenvalue weighted by molar-refractivity contribution is 0.925. The molecule has 0 atom stereocenters.